The third-order valence-electron chi connectivity index (χ3n) is 4.34. The molecule has 0 saturated carbocycles. The van der Waals surface area contributed by atoms with Crippen LogP contribution < -0.4 is 10.6 Å². The summed E-state index contributed by atoms with van der Waals surface area (Å²) in [6, 6.07) is 16.3. The minimum absolute atomic E-state index is 0.0243. The molecule has 2 aromatic rings. The molecule has 1 unspecified atom stereocenters. The van der Waals surface area contributed by atoms with Crippen molar-refractivity contribution in [3.05, 3.63) is 70.8 Å². The predicted molar refractivity (Wildman–Crippen MR) is 105 cm³/mol. The Kier molecular flexibility index (Phi) is 6.36. The molecule has 5 heteroatoms. The SMILES string of the molecule is CC(NC(=O)CNC(=O)c1ccc(C(C)(C)C)cc1)c1ccc(C#N)cc1. The second-order valence-electron chi connectivity index (χ2n) is 7.53. The third kappa shape index (κ3) is 5.68. The lowest BCUT2D eigenvalue weighted by Gasteiger charge is -2.19. The quantitative estimate of drug-likeness (QED) is 0.853. The van der Waals surface area contributed by atoms with Gasteiger partial charge in [0.1, 0.15) is 0 Å². The molecule has 2 amide bonds. The van der Waals surface area contributed by atoms with Gasteiger partial charge in [-0.25, -0.2) is 0 Å². The summed E-state index contributed by atoms with van der Waals surface area (Å²) >= 11 is 0. The summed E-state index contributed by atoms with van der Waals surface area (Å²) in [4.78, 5) is 24.3. The van der Waals surface area contributed by atoms with Crippen LogP contribution in [0.15, 0.2) is 48.5 Å². The van der Waals surface area contributed by atoms with Crippen LogP contribution in [0.4, 0.5) is 0 Å². The van der Waals surface area contributed by atoms with Gasteiger partial charge >= 0.3 is 0 Å². The summed E-state index contributed by atoms with van der Waals surface area (Å²) in [6.45, 7) is 8.09. The lowest BCUT2D eigenvalue weighted by atomic mass is 9.87. The highest BCUT2D eigenvalue weighted by molar-refractivity contribution is 5.96. The summed E-state index contributed by atoms with van der Waals surface area (Å²) in [6.07, 6.45) is 0. The van der Waals surface area contributed by atoms with Gasteiger partial charge in [0.15, 0.2) is 0 Å². The van der Waals surface area contributed by atoms with E-state index < -0.39 is 0 Å². The molecular formula is C22H25N3O2. The van der Waals surface area contributed by atoms with Gasteiger partial charge in [-0.15, -0.1) is 0 Å². The van der Waals surface area contributed by atoms with Crippen LogP contribution in [0.25, 0.3) is 0 Å². The molecule has 0 radical (unpaired) electrons. The van der Waals surface area contributed by atoms with Crippen LogP contribution in [0.3, 0.4) is 0 Å². The molecule has 0 aliphatic heterocycles. The molecule has 0 saturated heterocycles. The zero-order valence-corrected chi connectivity index (χ0v) is 16.2. The summed E-state index contributed by atoms with van der Waals surface area (Å²) in [5.74, 6) is -0.553. The van der Waals surface area contributed by atoms with Crippen LogP contribution in [0.2, 0.25) is 0 Å². The lowest BCUT2D eigenvalue weighted by molar-refractivity contribution is -0.120. The number of benzene rings is 2. The molecule has 0 aromatic heterocycles. The maximum absolute atomic E-state index is 12.2. The Morgan fingerprint density at radius 3 is 2.15 bits per heavy atom. The molecule has 0 heterocycles. The van der Waals surface area contributed by atoms with Gasteiger partial charge in [0.25, 0.3) is 5.91 Å². The Morgan fingerprint density at radius 1 is 1.04 bits per heavy atom. The minimum Gasteiger partial charge on any atom is -0.348 e. The molecule has 2 rings (SSSR count). The lowest BCUT2D eigenvalue weighted by Crippen LogP contribution is -2.38. The smallest absolute Gasteiger partial charge is 0.251 e. The molecular weight excluding hydrogens is 338 g/mol. The first kappa shape index (κ1) is 20.2. The van der Waals surface area contributed by atoms with Crippen molar-refractivity contribution in [3.8, 4) is 6.07 Å². The average molecular weight is 363 g/mol. The molecule has 0 bridgehead atoms. The van der Waals surface area contributed by atoms with Crippen molar-refractivity contribution in [3.63, 3.8) is 0 Å². The fourth-order valence-electron chi connectivity index (χ4n) is 2.61. The molecule has 0 spiro atoms. The van der Waals surface area contributed by atoms with Crippen LogP contribution in [-0.4, -0.2) is 18.4 Å². The van der Waals surface area contributed by atoms with Crippen LogP contribution in [0.5, 0.6) is 0 Å². The first-order chi connectivity index (χ1) is 12.7. The zero-order valence-electron chi connectivity index (χ0n) is 16.2. The van der Waals surface area contributed by atoms with Crippen molar-refractivity contribution in [2.75, 3.05) is 6.54 Å². The number of carbonyl (C=O) groups is 2. The monoisotopic (exact) mass is 363 g/mol. The van der Waals surface area contributed by atoms with E-state index in [1.165, 1.54) is 0 Å². The highest BCUT2D eigenvalue weighted by atomic mass is 16.2. The van der Waals surface area contributed by atoms with E-state index in [4.69, 9.17) is 5.26 Å². The fourth-order valence-corrected chi connectivity index (χ4v) is 2.61. The highest BCUT2D eigenvalue weighted by Gasteiger charge is 2.15. The molecule has 140 valence electrons. The Hall–Kier alpha value is -3.13. The first-order valence-corrected chi connectivity index (χ1v) is 8.89. The van der Waals surface area contributed by atoms with Crippen molar-refractivity contribution < 1.29 is 9.59 Å². The summed E-state index contributed by atoms with van der Waals surface area (Å²) < 4.78 is 0. The van der Waals surface area contributed by atoms with E-state index in [2.05, 4.69) is 37.5 Å². The van der Waals surface area contributed by atoms with Gasteiger partial charge < -0.3 is 10.6 Å². The van der Waals surface area contributed by atoms with E-state index in [0.29, 0.717) is 11.1 Å². The molecule has 2 aromatic carbocycles. The van der Waals surface area contributed by atoms with E-state index in [-0.39, 0.29) is 29.8 Å². The Balaban J connectivity index is 1.87. The van der Waals surface area contributed by atoms with Crippen molar-refractivity contribution in [1.29, 1.82) is 5.26 Å². The number of carbonyl (C=O) groups excluding carboxylic acids is 2. The van der Waals surface area contributed by atoms with Gasteiger partial charge in [-0.3, -0.25) is 9.59 Å². The molecule has 27 heavy (non-hydrogen) atoms. The Labute approximate surface area is 160 Å². The highest BCUT2D eigenvalue weighted by Crippen LogP contribution is 2.22. The van der Waals surface area contributed by atoms with E-state index in [0.717, 1.165) is 11.1 Å². The molecule has 0 aliphatic rings. The van der Waals surface area contributed by atoms with Gasteiger partial charge in [-0.2, -0.15) is 5.26 Å². The number of hydrogen-bond acceptors (Lipinski definition) is 3. The second-order valence-corrected chi connectivity index (χ2v) is 7.53. The Bertz CT molecular complexity index is 841. The largest absolute Gasteiger partial charge is 0.348 e. The standard InChI is InChI=1S/C22H25N3O2/c1-15(17-7-5-16(13-23)6-8-17)25-20(26)14-24-21(27)18-9-11-19(12-10-18)22(2,3)4/h5-12,15H,14H2,1-4H3,(H,24,27)(H,25,26). The van der Waals surface area contributed by atoms with E-state index in [1.807, 2.05) is 19.1 Å². The van der Waals surface area contributed by atoms with Gasteiger partial charge in [0, 0.05) is 5.56 Å². The van der Waals surface area contributed by atoms with Crippen molar-refractivity contribution in [2.24, 2.45) is 0 Å². The van der Waals surface area contributed by atoms with Crippen LogP contribution in [0.1, 0.15) is 60.8 Å². The number of nitrogens with one attached hydrogen (secondary N) is 2. The normalized spacial score (nSPS) is 12.0. The molecule has 0 fully saturated rings. The zero-order chi connectivity index (χ0) is 20.0. The van der Waals surface area contributed by atoms with E-state index in [1.54, 1.807) is 36.4 Å². The van der Waals surface area contributed by atoms with E-state index in [9.17, 15) is 9.59 Å². The summed E-state index contributed by atoms with van der Waals surface area (Å²) in [7, 11) is 0. The van der Waals surface area contributed by atoms with Gasteiger partial charge in [0.2, 0.25) is 5.91 Å². The molecule has 2 N–H and O–H groups in total. The van der Waals surface area contributed by atoms with Gasteiger partial charge in [0.05, 0.1) is 24.2 Å². The second kappa shape index (κ2) is 8.50. The Morgan fingerprint density at radius 2 is 1.63 bits per heavy atom. The minimum atomic E-state index is -0.281. The van der Waals surface area contributed by atoms with Gasteiger partial charge in [-0.05, 0) is 47.7 Å². The third-order valence-corrected chi connectivity index (χ3v) is 4.34. The van der Waals surface area contributed by atoms with Crippen LogP contribution in [0, 0.1) is 11.3 Å². The number of nitriles is 1. The fraction of sp³-hybridized carbons (Fsp3) is 0.318. The van der Waals surface area contributed by atoms with E-state index >= 15 is 0 Å². The summed E-state index contributed by atoms with van der Waals surface area (Å²) in [5, 5.41) is 14.3. The maximum atomic E-state index is 12.2. The van der Waals surface area contributed by atoms with Crippen molar-refractivity contribution in [2.45, 2.75) is 39.2 Å². The summed E-state index contributed by atoms with van der Waals surface area (Å²) in [5.41, 5.74) is 3.16. The van der Waals surface area contributed by atoms with Crippen molar-refractivity contribution >= 4 is 11.8 Å². The van der Waals surface area contributed by atoms with Gasteiger partial charge in [-0.1, -0.05) is 45.0 Å². The molecule has 1 atom stereocenters. The number of hydrogen-bond donors (Lipinski definition) is 2. The first-order valence-electron chi connectivity index (χ1n) is 8.89. The number of amides is 2. The molecule has 5 nitrogen and oxygen atoms in total. The molecule has 0 aliphatic carbocycles. The van der Waals surface area contributed by atoms with Crippen LogP contribution >= 0.6 is 0 Å². The maximum Gasteiger partial charge on any atom is 0.251 e. The predicted octanol–water partition coefficient (Wildman–Crippen LogP) is 3.46. The van der Waals surface area contributed by atoms with Crippen molar-refractivity contribution in [1.82, 2.24) is 10.6 Å². The van der Waals surface area contributed by atoms with Crippen LogP contribution in [-0.2, 0) is 10.2 Å². The average Bonchev–Trinajstić information content (AvgIpc) is 2.65. The topological polar surface area (TPSA) is 82.0 Å². The number of rotatable bonds is 5. The number of nitrogens with zero attached hydrogens (tertiary/aromatic N) is 1.